The Morgan fingerprint density at radius 1 is 1.26 bits per heavy atom. The molecule has 0 atom stereocenters. The van der Waals surface area contributed by atoms with E-state index in [1.165, 1.54) is 0 Å². The van der Waals surface area contributed by atoms with Gasteiger partial charge in [-0.15, -0.1) is 0 Å². The van der Waals surface area contributed by atoms with Crippen molar-refractivity contribution in [2.75, 3.05) is 12.3 Å². The zero-order valence-corrected chi connectivity index (χ0v) is 10.6. The summed E-state index contributed by atoms with van der Waals surface area (Å²) in [6, 6.07) is 0. The quantitative estimate of drug-likeness (QED) is 0.884. The lowest BCUT2D eigenvalue weighted by Crippen LogP contribution is -2.27. The maximum absolute atomic E-state index is 5.86. The molecule has 19 heavy (non-hydrogen) atoms. The van der Waals surface area contributed by atoms with Gasteiger partial charge < -0.3 is 15.0 Å². The maximum atomic E-state index is 5.86. The Bertz CT molecular complexity index is 558. The van der Waals surface area contributed by atoms with Crippen LogP contribution in [-0.4, -0.2) is 27.1 Å². The molecule has 0 aromatic carbocycles. The van der Waals surface area contributed by atoms with Gasteiger partial charge in [0.05, 0.1) is 0 Å². The van der Waals surface area contributed by atoms with Crippen molar-refractivity contribution in [3.8, 4) is 11.6 Å². The van der Waals surface area contributed by atoms with E-state index < -0.39 is 5.60 Å². The molecule has 2 aromatic rings. The summed E-state index contributed by atoms with van der Waals surface area (Å²) < 4.78 is 15.6. The average molecular weight is 265 g/mol. The SMILES string of the molecule is CCOC1(c2noc(-c3nonc3N)n2)CCCC1. The molecule has 0 saturated heterocycles. The second-order valence-electron chi connectivity index (χ2n) is 4.56. The van der Waals surface area contributed by atoms with E-state index in [0.717, 1.165) is 25.7 Å². The molecule has 0 unspecified atom stereocenters. The van der Waals surface area contributed by atoms with E-state index in [9.17, 15) is 0 Å². The number of hydrogen-bond donors (Lipinski definition) is 1. The van der Waals surface area contributed by atoms with Crippen molar-refractivity contribution in [1.29, 1.82) is 0 Å². The van der Waals surface area contributed by atoms with Crippen molar-refractivity contribution in [3.63, 3.8) is 0 Å². The Hall–Kier alpha value is -1.96. The third kappa shape index (κ3) is 1.97. The first-order valence-corrected chi connectivity index (χ1v) is 6.32. The molecule has 3 rings (SSSR count). The number of nitrogens with two attached hydrogens (primary N) is 1. The van der Waals surface area contributed by atoms with Gasteiger partial charge >= 0.3 is 0 Å². The van der Waals surface area contributed by atoms with Gasteiger partial charge in [0.1, 0.15) is 5.60 Å². The molecule has 102 valence electrons. The van der Waals surface area contributed by atoms with Crippen molar-refractivity contribution < 1.29 is 13.9 Å². The fraction of sp³-hybridized carbons (Fsp3) is 0.636. The molecule has 1 aliphatic carbocycles. The van der Waals surface area contributed by atoms with Crippen LogP contribution in [-0.2, 0) is 10.3 Å². The number of rotatable bonds is 4. The second-order valence-corrected chi connectivity index (χ2v) is 4.56. The molecule has 2 N–H and O–H groups in total. The number of nitrogen functional groups attached to an aromatic ring is 1. The van der Waals surface area contributed by atoms with Crippen LogP contribution in [0.3, 0.4) is 0 Å². The molecule has 0 amide bonds. The van der Waals surface area contributed by atoms with Gasteiger partial charge in [-0.3, -0.25) is 0 Å². The van der Waals surface area contributed by atoms with Gasteiger partial charge in [0.2, 0.25) is 17.3 Å². The van der Waals surface area contributed by atoms with Crippen LogP contribution in [0.25, 0.3) is 11.6 Å². The lowest BCUT2D eigenvalue weighted by atomic mass is 10.0. The van der Waals surface area contributed by atoms with E-state index in [0.29, 0.717) is 12.4 Å². The Labute approximate surface area is 109 Å². The highest BCUT2D eigenvalue weighted by molar-refractivity contribution is 5.60. The summed E-state index contributed by atoms with van der Waals surface area (Å²) >= 11 is 0. The minimum Gasteiger partial charge on any atom is -0.379 e. The number of aromatic nitrogens is 4. The van der Waals surface area contributed by atoms with E-state index in [4.69, 9.17) is 15.0 Å². The topological polar surface area (TPSA) is 113 Å². The van der Waals surface area contributed by atoms with Gasteiger partial charge in [-0.25, -0.2) is 4.63 Å². The summed E-state index contributed by atoms with van der Waals surface area (Å²) in [5.74, 6) is 0.885. The van der Waals surface area contributed by atoms with Gasteiger partial charge in [-0.1, -0.05) is 5.16 Å². The van der Waals surface area contributed by atoms with E-state index in [1.54, 1.807) is 0 Å². The second kappa shape index (κ2) is 4.61. The fourth-order valence-electron chi connectivity index (χ4n) is 2.50. The highest BCUT2D eigenvalue weighted by Gasteiger charge is 2.41. The minimum absolute atomic E-state index is 0.132. The Morgan fingerprint density at radius 3 is 2.68 bits per heavy atom. The van der Waals surface area contributed by atoms with E-state index in [2.05, 4.69) is 25.1 Å². The van der Waals surface area contributed by atoms with Crippen LogP contribution in [0.4, 0.5) is 5.82 Å². The van der Waals surface area contributed by atoms with Gasteiger partial charge in [-0.05, 0) is 42.9 Å². The normalized spacial score (nSPS) is 17.9. The molecule has 1 aliphatic rings. The van der Waals surface area contributed by atoms with Gasteiger partial charge in [0.25, 0.3) is 5.89 Å². The third-order valence-electron chi connectivity index (χ3n) is 3.38. The highest BCUT2D eigenvalue weighted by Crippen LogP contribution is 2.41. The molecule has 0 radical (unpaired) electrons. The summed E-state index contributed by atoms with van der Waals surface area (Å²) in [4.78, 5) is 4.34. The zero-order valence-electron chi connectivity index (χ0n) is 10.6. The molecule has 1 fully saturated rings. The molecule has 8 nitrogen and oxygen atoms in total. The zero-order chi connectivity index (χ0) is 13.3. The molecule has 8 heteroatoms. The van der Waals surface area contributed by atoms with Crippen molar-refractivity contribution in [2.24, 2.45) is 0 Å². The van der Waals surface area contributed by atoms with E-state index >= 15 is 0 Å². The van der Waals surface area contributed by atoms with E-state index in [1.807, 2.05) is 6.92 Å². The predicted octanol–water partition coefficient (Wildman–Crippen LogP) is 1.51. The molecular weight excluding hydrogens is 250 g/mol. The smallest absolute Gasteiger partial charge is 0.284 e. The van der Waals surface area contributed by atoms with Gasteiger partial charge in [0, 0.05) is 6.61 Å². The molecule has 0 spiro atoms. The van der Waals surface area contributed by atoms with Crippen LogP contribution in [0.15, 0.2) is 9.15 Å². The predicted molar refractivity (Wildman–Crippen MR) is 63.8 cm³/mol. The Balaban J connectivity index is 1.94. The fourth-order valence-corrected chi connectivity index (χ4v) is 2.50. The number of ether oxygens (including phenoxy) is 1. The van der Waals surface area contributed by atoms with Crippen molar-refractivity contribution in [2.45, 2.75) is 38.2 Å². The number of nitrogens with zero attached hydrogens (tertiary/aromatic N) is 4. The molecule has 1 saturated carbocycles. The van der Waals surface area contributed by atoms with Gasteiger partial charge in [0.15, 0.2) is 0 Å². The molecular formula is C11H15N5O3. The summed E-state index contributed by atoms with van der Waals surface area (Å²) in [7, 11) is 0. The van der Waals surface area contributed by atoms with Crippen LogP contribution >= 0.6 is 0 Å². The Morgan fingerprint density at radius 2 is 2.05 bits per heavy atom. The first-order chi connectivity index (χ1) is 9.25. The van der Waals surface area contributed by atoms with Crippen molar-refractivity contribution in [3.05, 3.63) is 5.82 Å². The average Bonchev–Trinajstić information content (AvgIpc) is 3.08. The monoisotopic (exact) mass is 265 g/mol. The van der Waals surface area contributed by atoms with Crippen LogP contribution in [0, 0.1) is 0 Å². The lowest BCUT2D eigenvalue weighted by molar-refractivity contribution is -0.0469. The summed E-state index contributed by atoms with van der Waals surface area (Å²) in [6.07, 6.45) is 3.98. The summed E-state index contributed by atoms with van der Waals surface area (Å²) in [5, 5.41) is 11.1. The molecule has 2 heterocycles. The number of anilines is 1. The first kappa shape index (κ1) is 12.1. The largest absolute Gasteiger partial charge is 0.379 e. The van der Waals surface area contributed by atoms with Crippen molar-refractivity contribution in [1.82, 2.24) is 20.5 Å². The Kier molecular flexibility index (Phi) is 2.94. The summed E-state index contributed by atoms with van der Waals surface area (Å²) in [6.45, 7) is 2.57. The molecule has 0 aliphatic heterocycles. The molecule has 2 aromatic heterocycles. The lowest BCUT2D eigenvalue weighted by Gasteiger charge is -2.24. The van der Waals surface area contributed by atoms with Gasteiger partial charge in [-0.2, -0.15) is 4.98 Å². The van der Waals surface area contributed by atoms with E-state index in [-0.39, 0.29) is 17.4 Å². The van der Waals surface area contributed by atoms with Crippen LogP contribution < -0.4 is 5.73 Å². The minimum atomic E-state index is -0.442. The first-order valence-electron chi connectivity index (χ1n) is 6.32. The summed E-state index contributed by atoms with van der Waals surface area (Å²) in [5.41, 5.74) is 5.43. The van der Waals surface area contributed by atoms with Crippen LogP contribution in [0.5, 0.6) is 0 Å². The molecule has 0 bridgehead atoms. The van der Waals surface area contributed by atoms with Crippen molar-refractivity contribution >= 4 is 5.82 Å². The van der Waals surface area contributed by atoms with Crippen LogP contribution in [0.1, 0.15) is 38.4 Å². The standard InChI is InChI=1S/C11H15N5O3/c1-2-17-11(5-3-4-6-11)10-13-9(18-16-10)7-8(12)15-19-14-7/h2-6H2,1H3,(H2,12,15). The number of hydrogen-bond acceptors (Lipinski definition) is 8. The maximum Gasteiger partial charge on any atom is 0.284 e. The highest BCUT2D eigenvalue weighted by atomic mass is 16.6. The third-order valence-corrected chi connectivity index (χ3v) is 3.38. The van der Waals surface area contributed by atoms with Crippen LogP contribution in [0.2, 0.25) is 0 Å².